The van der Waals surface area contributed by atoms with Crippen molar-refractivity contribution in [2.24, 2.45) is 0 Å². The second-order valence-corrected chi connectivity index (χ2v) is 7.73. The van der Waals surface area contributed by atoms with Gasteiger partial charge in [-0.2, -0.15) is 5.10 Å². The molecule has 3 aromatic heterocycles. The average molecular weight is 462 g/mol. The van der Waals surface area contributed by atoms with Crippen LogP contribution in [0.1, 0.15) is 11.4 Å². The molecule has 1 aliphatic rings. The maximum Gasteiger partial charge on any atom is 0.259 e. The van der Waals surface area contributed by atoms with Crippen LogP contribution >= 0.6 is 24.8 Å². The van der Waals surface area contributed by atoms with Crippen molar-refractivity contribution in [1.82, 2.24) is 29.5 Å². The Hall–Kier alpha value is -2.68. The van der Waals surface area contributed by atoms with Crippen molar-refractivity contribution >= 4 is 46.9 Å². The van der Waals surface area contributed by atoms with E-state index in [9.17, 15) is 4.79 Å². The van der Waals surface area contributed by atoms with E-state index in [0.29, 0.717) is 22.4 Å². The first-order valence-corrected chi connectivity index (χ1v) is 9.79. The topological polar surface area (TPSA) is 82.4 Å². The Morgan fingerprint density at radius 2 is 1.74 bits per heavy atom. The van der Waals surface area contributed by atoms with Gasteiger partial charge in [-0.15, -0.1) is 24.8 Å². The van der Waals surface area contributed by atoms with Gasteiger partial charge in [-0.05, 0) is 45.2 Å². The molecule has 0 amide bonds. The molecule has 1 aromatic carbocycles. The van der Waals surface area contributed by atoms with E-state index in [1.165, 1.54) is 0 Å². The maximum absolute atomic E-state index is 12.8. The van der Waals surface area contributed by atoms with Crippen molar-refractivity contribution in [2.75, 3.05) is 38.1 Å². The largest absolute Gasteiger partial charge is 0.369 e. The number of H-pyrrole nitrogens is 1. The minimum Gasteiger partial charge on any atom is -0.369 e. The van der Waals surface area contributed by atoms with Crippen LogP contribution in [0, 0.1) is 13.8 Å². The smallest absolute Gasteiger partial charge is 0.259 e. The quantitative estimate of drug-likeness (QED) is 0.494. The Kier molecular flexibility index (Phi) is 6.54. The molecular formula is C21H25Cl2N7O. The van der Waals surface area contributed by atoms with E-state index < -0.39 is 0 Å². The Bertz CT molecular complexity index is 1290. The van der Waals surface area contributed by atoms with Crippen LogP contribution in [0.15, 0.2) is 35.3 Å². The van der Waals surface area contributed by atoms with Gasteiger partial charge in [0, 0.05) is 31.9 Å². The zero-order valence-corrected chi connectivity index (χ0v) is 19.3. The molecule has 0 saturated carbocycles. The predicted octanol–water partition coefficient (Wildman–Crippen LogP) is 2.85. The highest BCUT2D eigenvalue weighted by Gasteiger charge is 2.16. The number of hydrogen-bond donors (Lipinski definition) is 1. The van der Waals surface area contributed by atoms with Crippen LogP contribution in [-0.4, -0.2) is 62.7 Å². The van der Waals surface area contributed by atoms with Crippen LogP contribution in [0.3, 0.4) is 0 Å². The molecule has 0 radical (unpaired) electrons. The molecule has 0 spiro atoms. The SMILES string of the molecule is Cc1cn2nc(-c3nc4ccc(N5CCN(C)CC5)cc4c(=O)[nH]3)cc2c(C)n1.Cl.Cl. The first-order chi connectivity index (χ1) is 14.0. The third-order valence-corrected chi connectivity index (χ3v) is 5.56. The number of nitrogens with one attached hydrogen (secondary N) is 1. The van der Waals surface area contributed by atoms with E-state index in [0.717, 1.165) is 48.8 Å². The minimum atomic E-state index is -0.149. The number of fused-ring (bicyclic) bond motifs is 2. The van der Waals surface area contributed by atoms with E-state index in [2.05, 4.69) is 36.9 Å². The van der Waals surface area contributed by atoms with Gasteiger partial charge in [-0.1, -0.05) is 0 Å². The van der Waals surface area contributed by atoms with Crippen molar-refractivity contribution in [3.8, 4) is 11.5 Å². The second-order valence-electron chi connectivity index (χ2n) is 7.73. The average Bonchev–Trinajstić information content (AvgIpc) is 3.13. The fourth-order valence-electron chi connectivity index (χ4n) is 3.92. The van der Waals surface area contributed by atoms with Crippen LogP contribution in [0.4, 0.5) is 5.69 Å². The van der Waals surface area contributed by atoms with Gasteiger partial charge in [0.15, 0.2) is 5.82 Å². The van der Waals surface area contributed by atoms with Crippen molar-refractivity contribution < 1.29 is 0 Å². The van der Waals surface area contributed by atoms with E-state index in [-0.39, 0.29) is 30.4 Å². The molecule has 8 nitrogen and oxygen atoms in total. The van der Waals surface area contributed by atoms with E-state index in [4.69, 9.17) is 0 Å². The summed E-state index contributed by atoms with van der Waals surface area (Å²) >= 11 is 0. The fraction of sp³-hybridized carbons (Fsp3) is 0.333. The monoisotopic (exact) mass is 461 g/mol. The molecule has 0 aliphatic carbocycles. The molecule has 0 bridgehead atoms. The fourth-order valence-corrected chi connectivity index (χ4v) is 3.92. The Morgan fingerprint density at radius 3 is 2.48 bits per heavy atom. The normalized spacial score (nSPS) is 14.5. The Balaban J connectivity index is 0.00000136. The standard InChI is InChI=1S/C21H23N7O.2ClH/c1-13-12-28-19(14(2)22-13)11-18(25-28)20-23-17-5-4-15(10-16(17)21(29)24-20)27-8-6-26(3)7-9-27;;/h4-5,10-12H,6-9H2,1-3H3,(H,23,24,29);2*1H. The van der Waals surface area contributed by atoms with Crippen molar-refractivity contribution in [3.63, 3.8) is 0 Å². The highest BCUT2D eigenvalue weighted by atomic mass is 35.5. The number of piperazine rings is 1. The van der Waals surface area contributed by atoms with Gasteiger partial charge in [0.25, 0.3) is 5.56 Å². The molecule has 1 saturated heterocycles. The number of benzene rings is 1. The zero-order chi connectivity index (χ0) is 20.1. The molecule has 31 heavy (non-hydrogen) atoms. The van der Waals surface area contributed by atoms with Crippen LogP contribution in [0.5, 0.6) is 0 Å². The summed E-state index contributed by atoms with van der Waals surface area (Å²) in [6.07, 6.45) is 1.87. The molecular weight excluding hydrogens is 437 g/mol. The number of aryl methyl sites for hydroxylation is 2. The van der Waals surface area contributed by atoms with Crippen LogP contribution in [0.25, 0.3) is 27.9 Å². The maximum atomic E-state index is 12.8. The molecule has 0 unspecified atom stereocenters. The van der Waals surface area contributed by atoms with Gasteiger partial charge in [-0.25, -0.2) is 9.50 Å². The number of rotatable bonds is 2. The van der Waals surface area contributed by atoms with Gasteiger partial charge in [0.05, 0.1) is 34.0 Å². The first kappa shape index (κ1) is 23.0. The van der Waals surface area contributed by atoms with E-state index in [1.807, 2.05) is 44.3 Å². The number of likely N-dealkylation sites (N-methyl/N-ethyl adjacent to an activating group) is 1. The summed E-state index contributed by atoms with van der Waals surface area (Å²) in [4.78, 5) is 29.5. The number of anilines is 1. The molecule has 1 N–H and O–H groups in total. The highest BCUT2D eigenvalue weighted by Crippen LogP contribution is 2.23. The highest BCUT2D eigenvalue weighted by molar-refractivity contribution is 5.86. The zero-order valence-electron chi connectivity index (χ0n) is 17.6. The van der Waals surface area contributed by atoms with Crippen molar-refractivity contribution in [2.45, 2.75) is 13.8 Å². The van der Waals surface area contributed by atoms with Crippen molar-refractivity contribution in [3.05, 3.63) is 52.2 Å². The predicted molar refractivity (Wildman–Crippen MR) is 128 cm³/mol. The summed E-state index contributed by atoms with van der Waals surface area (Å²) < 4.78 is 1.79. The van der Waals surface area contributed by atoms with Gasteiger partial charge in [-0.3, -0.25) is 9.78 Å². The van der Waals surface area contributed by atoms with Crippen LogP contribution in [-0.2, 0) is 0 Å². The third-order valence-electron chi connectivity index (χ3n) is 5.56. The van der Waals surface area contributed by atoms with Crippen LogP contribution in [0.2, 0.25) is 0 Å². The van der Waals surface area contributed by atoms with Gasteiger partial charge in [0.2, 0.25) is 0 Å². The minimum absolute atomic E-state index is 0. The number of hydrogen-bond acceptors (Lipinski definition) is 6. The Morgan fingerprint density at radius 1 is 1.00 bits per heavy atom. The lowest BCUT2D eigenvalue weighted by Crippen LogP contribution is -2.44. The third kappa shape index (κ3) is 4.23. The lowest BCUT2D eigenvalue weighted by molar-refractivity contribution is 0.313. The molecule has 10 heteroatoms. The second kappa shape index (κ2) is 8.82. The number of aromatic amines is 1. The van der Waals surface area contributed by atoms with Gasteiger partial charge >= 0.3 is 0 Å². The summed E-state index contributed by atoms with van der Waals surface area (Å²) in [6, 6.07) is 7.82. The molecule has 164 valence electrons. The summed E-state index contributed by atoms with van der Waals surface area (Å²) in [5.41, 5.74) is 4.90. The number of nitrogens with zero attached hydrogens (tertiary/aromatic N) is 6. The van der Waals surface area contributed by atoms with E-state index >= 15 is 0 Å². The summed E-state index contributed by atoms with van der Waals surface area (Å²) in [7, 11) is 2.13. The molecule has 1 fully saturated rings. The lowest BCUT2D eigenvalue weighted by atomic mass is 10.2. The summed E-state index contributed by atoms with van der Waals surface area (Å²) in [5, 5.41) is 5.18. The molecule has 0 atom stereocenters. The molecule has 5 rings (SSSR count). The van der Waals surface area contributed by atoms with Crippen LogP contribution < -0.4 is 10.5 Å². The summed E-state index contributed by atoms with van der Waals surface area (Å²) in [5.74, 6) is 0.468. The summed E-state index contributed by atoms with van der Waals surface area (Å²) in [6.45, 7) is 7.84. The Labute approximate surface area is 192 Å². The van der Waals surface area contributed by atoms with Gasteiger partial charge in [0.1, 0.15) is 5.69 Å². The number of aromatic nitrogens is 5. The number of halogens is 2. The lowest BCUT2D eigenvalue weighted by Gasteiger charge is -2.34. The molecule has 4 heterocycles. The molecule has 4 aromatic rings. The molecule has 1 aliphatic heterocycles. The van der Waals surface area contributed by atoms with Crippen molar-refractivity contribution in [1.29, 1.82) is 0 Å². The first-order valence-electron chi connectivity index (χ1n) is 9.79. The van der Waals surface area contributed by atoms with E-state index in [1.54, 1.807) is 4.52 Å². The van der Waals surface area contributed by atoms with Gasteiger partial charge < -0.3 is 14.8 Å².